The molecule has 1 aromatic rings. The highest BCUT2D eigenvalue weighted by Gasteiger charge is 2.44. The molecule has 1 heterocycles. The fourth-order valence-electron chi connectivity index (χ4n) is 2.93. The second-order valence-corrected chi connectivity index (χ2v) is 6.56. The van der Waals surface area contributed by atoms with Crippen molar-refractivity contribution in [3.8, 4) is 0 Å². The fraction of sp³-hybridized carbons (Fsp3) is 0.533. The molecule has 1 aliphatic carbocycles. The van der Waals surface area contributed by atoms with Crippen molar-refractivity contribution >= 4 is 41.5 Å². The Labute approximate surface area is 141 Å². The number of nitrogens with one attached hydrogen (secondary N) is 2. The summed E-state index contributed by atoms with van der Waals surface area (Å²) in [7, 11) is 0. The average molecular weight is 350 g/mol. The van der Waals surface area contributed by atoms with E-state index in [1.807, 2.05) is 12.1 Å². The first kappa shape index (κ1) is 16.9. The quantitative estimate of drug-likeness (QED) is 0.875. The lowest BCUT2D eigenvalue weighted by atomic mass is 10.1. The Morgan fingerprint density at radius 1 is 1.29 bits per heavy atom. The lowest BCUT2D eigenvalue weighted by Crippen LogP contribution is -2.37. The molecule has 0 radical (unpaired) electrons. The zero-order valence-electron chi connectivity index (χ0n) is 11.6. The molecule has 3 atom stereocenters. The van der Waals surface area contributed by atoms with E-state index in [4.69, 9.17) is 23.2 Å². The standard InChI is InChI=1S/C15H18Cl2N2O.ClH/c16-10-4-9(5-11(17)6-10)13-7-14(13)15(20)19-8-12-2-1-3-18-12;/h4-6,12-14,18H,1-3,7-8H2,(H,19,20);1H. The predicted octanol–water partition coefficient (Wildman–Crippen LogP) is 3.39. The lowest BCUT2D eigenvalue weighted by Gasteiger charge is -2.11. The van der Waals surface area contributed by atoms with Crippen LogP contribution in [0.2, 0.25) is 10.0 Å². The van der Waals surface area contributed by atoms with Gasteiger partial charge in [-0.15, -0.1) is 12.4 Å². The molecule has 0 spiro atoms. The Kier molecular flexibility index (Phi) is 5.78. The molecule has 6 heteroatoms. The van der Waals surface area contributed by atoms with Crippen LogP contribution >= 0.6 is 35.6 Å². The van der Waals surface area contributed by atoms with Gasteiger partial charge in [-0.1, -0.05) is 23.2 Å². The molecule has 1 saturated carbocycles. The Morgan fingerprint density at radius 3 is 2.62 bits per heavy atom. The number of hydrogen-bond acceptors (Lipinski definition) is 2. The van der Waals surface area contributed by atoms with Crippen LogP contribution in [0.4, 0.5) is 0 Å². The van der Waals surface area contributed by atoms with Gasteiger partial charge in [-0.25, -0.2) is 0 Å². The highest BCUT2D eigenvalue weighted by Crippen LogP contribution is 2.48. The molecule has 3 rings (SSSR count). The lowest BCUT2D eigenvalue weighted by molar-refractivity contribution is -0.122. The van der Waals surface area contributed by atoms with Gasteiger partial charge in [-0.3, -0.25) is 4.79 Å². The third-order valence-electron chi connectivity index (χ3n) is 4.13. The molecule has 1 aliphatic heterocycles. The van der Waals surface area contributed by atoms with Crippen LogP contribution in [0.25, 0.3) is 0 Å². The van der Waals surface area contributed by atoms with Gasteiger partial charge in [-0.2, -0.15) is 0 Å². The Hall–Kier alpha value is -0.480. The molecule has 3 nitrogen and oxygen atoms in total. The van der Waals surface area contributed by atoms with Crippen LogP contribution in [-0.2, 0) is 4.79 Å². The summed E-state index contributed by atoms with van der Waals surface area (Å²) in [4.78, 5) is 12.1. The minimum absolute atomic E-state index is 0. The number of hydrogen-bond donors (Lipinski definition) is 2. The maximum Gasteiger partial charge on any atom is 0.223 e. The van der Waals surface area contributed by atoms with E-state index < -0.39 is 0 Å². The normalized spacial score (nSPS) is 27.0. The summed E-state index contributed by atoms with van der Waals surface area (Å²) in [5.41, 5.74) is 1.07. The van der Waals surface area contributed by atoms with Gasteiger partial charge < -0.3 is 10.6 Å². The van der Waals surface area contributed by atoms with E-state index in [1.165, 1.54) is 6.42 Å². The summed E-state index contributed by atoms with van der Waals surface area (Å²) in [6.07, 6.45) is 3.24. The van der Waals surface area contributed by atoms with Gasteiger partial charge in [0.25, 0.3) is 0 Å². The predicted molar refractivity (Wildman–Crippen MR) is 88.6 cm³/mol. The van der Waals surface area contributed by atoms with E-state index in [0.717, 1.165) is 31.5 Å². The minimum atomic E-state index is 0. The van der Waals surface area contributed by atoms with Crippen molar-refractivity contribution in [2.45, 2.75) is 31.2 Å². The number of rotatable bonds is 4. The molecular weight excluding hydrogens is 331 g/mol. The van der Waals surface area contributed by atoms with Crippen LogP contribution in [0.5, 0.6) is 0 Å². The topological polar surface area (TPSA) is 41.1 Å². The van der Waals surface area contributed by atoms with E-state index >= 15 is 0 Å². The molecule has 116 valence electrons. The summed E-state index contributed by atoms with van der Waals surface area (Å²) < 4.78 is 0. The number of carbonyl (C=O) groups excluding carboxylic acids is 1. The van der Waals surface area contributed by atoms with E-state index in [1.54, 1.807) is 6.07 Å². The SMILES string of the molecule is Cl.O=C(NCC1CCCN1)C1CC1c1cc(Cl)cc(Cl)c1. The van der Waals surface area contributed by atoms with Crippen molar-refractivity contribution in [1.82, 2.24) is 10.6 Å². The second kappa shape index (κ2) is 7.19. The van der Waals surface area contributed by atoms with E-state index in [9.17, 15) is 4.79 Å². The maximum absolute atomic E-state index is 12.1. The van der Waals surface area contributed by atoms with E-state index in [0.29, 0.717) is 16.1 Å². The zero-order valence-corrected chi connectivity index (χ0v) is 13.9. The monoisotopic (exact) mass is 348 g/mol. The smallest absolute Gasteiger partial charge is 0.223 e. The average Bonchev–Trinajstić information content (AvgIpc) is 3.03. The van der Waals surface area contributed by atoms with Crippen LogP contribution in [-0.4, -0.2) is 25.0 Å². The summed E-state index contributed by atoms with van der Waals surface area (Å²) in [6, 6.07) is 5.97. The third-order valence-corrected chi connectivity index (χ3v) is 4.56. The van der Waals surface area contributed by atoms with Gasteiger partial charge in [0.2, 0.25) is 5.91 Å². The number of carbonyl (C=O) groups is 1. The van der Waals surface area contributed by atoms with Crippen LogP contribution in [0, 0.1) is 5.92 Å². The van der Waals surface area contributed by atoms with Crippen molar-refractivity contribution in [2.24, 2.45) is 5.92 Å². The molecule has 2 N–H and O–H groups in total. The number of amides is 1. The first-order valence-corrected chi connectivity index (χ1v) is 7.86. The van der Waals surface area contributed by atoms with Crippen LogP contribution in [0.15, 0.2) is 18.2 Å². The number of benzene rings is 1. The van der Waals surface area contributed by atoms with Gasteiger partial charge >= 0.3 is 0 Å². The molecule has 3 unspecified atom stereocenters. The summed E-state index contributed by atoms with van der Waals surface area (Å²) in [5, 5.41) is 7.69. The number of halogens is 3. The first-order valence-electron chi connectivity index (χ1n) is 7.10. The molecule has 21 heavy (non-hydrogen) atoms. The largest absolute Gasteiger partial charge is 0.354 e. The second-order valence-electron chi connectivity index (χ2n) is 5.69. The summed E-state index contributed by atoms with van der Waals surface area (Å²) in [5.74, 6) is 0.494. The molecule has 1 aromatic carbocycles. The molecule has 1 saturated heterocycles. The molecule has 1 amide bonds. The molecule has 0 bridgehead atoms. The Balaban J connectivity index is 0.00000161. The summed E-state index contributed by atoms with van der Waals surface area (Å²) >= 11 is 12.0. The van der Waals surface area contributed by atoms with Gasteiger partial charge in [-0.05, 0) is 55.5 Å². The van der Waals surface area contributed by atoms with Crippen molar-refractivity contribution in [3.63, 3.8) is 0 Å². The summed E-state index contributed by atoms with van der Waals surface area (Å²) in [6.45, 7) is 1.80. The fourth-order valence-corrected chi connectivity index (χ4v) is 3.47. The van der Waals surface area contributed by atoms with Gasteiger partial charge in [0.05, 0.1) is 0 Å². The van der Waals surface area contributed by atoms with Gasteiger partial charge in [0, 0.05) is 28.5 Å². The zero-order chi connectivity index (χ0) is 14.1. The van der Waals surface area contributed by atoms with Crippen molar-refractivity contribution in [2.75, 3.05) is 13.1 Å². The van der Waals surface area contributed by atoms with Crippen LogP contribution in [0.1, 0.15) is 30.7 Å². The first-order chi connectivity index (χ1) is 9.63. The van der Waals surface area contributed by atoms with Gasteiger partial charge in [0.15, 0.2) is 0 Å². The van der Waals surface area contributed by atoms with E-state index in [-0.39, 0.29) is 30.2 Å². The Bertz CT molecular complexity index is 497. The van der Waals surface area contributed by atoms with Crippen molar-refractivity contribution in [3.05, 3.63) is 33.8 Å². The third kappa shape index (κ3) is 4.26. The van der Waals surface area contributed by atoms with E-state index in [2.05, 4.69) is 10.6 Å². The molecule has 2 fully saturated rings. The minimum Gasteiger partial charge on any atom is -0.354 e. The van der Waals surface area contributed by atoms with Crippen LogP contribution < -0.4 is 10.6 Å². The van der Waals surface area contributed by atoms with Gasteiger partial charge in [0.1, 0.15) is 0 Å². The molecule has 0 aromatic heterocycles. The highest BCUT2D eigenvalue weighted by molar-refractivity contribution is 6.34. The Morgan fingerprint density at radius 2 is 2.00 bits per heavy atom. The van der Waals surface area contributed by atoms with Crippen molar-refractivity contribution < 1.29 is 4.79 Å². The maximum atomic E-state index is 12.1. The molecule has 2 aliphatic rings. The van der Waals surface area contributed by atoms with Crippen LogP contribution in [0.3, 0.4) is 0 Å². The van der Waals surface area contributed by atoms with Crippen molar-refractivity contribution in [1.29, 1.82) is 0 Å². The highest BCUT2D eigenvalue weighted by atomic mass is 35.5. The molecular formula is C15H19Cl3N2O.